The van der Waals surface area contributed by atoms with Crippen LogP contribution in [0.3, 0.4) is 0 Å². The molecule has 0 radical (unpaired) electrons. The van der Waals surface area contributed by atoms with Gasteiger partial charge in [0.1, 0.15) is 0 Å². The Labute approximate surface area is 124 Å². The zero-order valence-electron chi connectivity index (χ0n) is 10.5. The molecule has 0 saturated heterocycles. The first-order valence-corrected chi connectivity index (χ1v) is 7.67. The first kappa shape index (κ1) is 12.7. The number of nitrogens with zero attached hydrogens (tertiary/aromatic N) is 2. The first-order valence-electron chi connectivity index (χ1n) is 6.06. The average molecular weight is 336 g/mol. The van der Waals surface area contributed by atoms with E-state index < -0.39 is 0 Å². The number of thiophene rings is 1. The van der Waals surface area contributed by atoms with Crippen molar-refractivity contribution in [2.75, 3.05) is 11.4 Å². The molecule has 1 aromatic heterocycles. The predicted octanol–water partition coefficient (Wildman–Crippen LogP) is 3.70. The highest BCUT2D eigenvalue weighted by Crippen LogP contribution is 2.35. The molecule has 3 nitrogen and oxygen atoms in total. The van der Waals surface area contributed by atoms with Crippen molar-refractivity contribution in [3.8, 4) is 0 Å². The molecule has 1 atom stereocenters. The summed E-state index contributed by atoms with van der Waals surface area (Å²) >= 11 is 5.31. The van der Waals surface area contributed by atoms with Gasteiger partial charge in [0.15, 0.2) is 5.96 Å². The van der Waals surface area contributed by atoms with Gasteiger partial charge in [-0.2, -0.15) is 0 Å². The number of hydrogen-bond donors (Lipinski definition) is 1. The lowest BCUT2D eigenvalue weighted by Crippen LogP contribution is -2.35. The number of hydrogen-bond acceptors (Lipinski definition) is 4. The molecule has 3 rings (SSSR count). The van der Waals surface area contributed by atoms with Crippen LogP contribution in [0.15, 0.2) is 45.9 Å². The molecule has 0 amide bonds. The molecule has 0 fully saturated rings. The smallest absolute Gasteiger partial charge is 0.196 e. The van der Waals surface area contributed by atoms with Gasteiger partial charge in [-0.3, -0.25) is 4.99 Å². The van der Waals surface area contributed by atoms with Gasteiger partial charge >= 0.3 is 0 Å². The maximum absolute atomic E-state index is 6.06. The van der Waals surface area contributed by atoms with Gasteiger partial charge in [0, 0.05) is 19.9 Å². The van der Waals surface area contributed by atoms with E-state index >= 15 is 0 Å². The maximum atomic E-state index is 6.06. The molecule has 98 valence electrons. The summed E-state index contributed by atoms with van der Waals surface area (Å²) in [6, 6.07) is 12.7. The largest absolute Gasteiger partial charge is 0.369 e. The number of aryl methyl sites for hydroxylation is 1. The van der Waals surface area contributed by atoms with Crippen LogP contribution in [-0.2, 0) is 0 Å². The number of guanidine groups is 1. The van der Waals surface area contributed by atoms with Crippen molar-refractivity contribution < 1.29 is 0 Å². The second-order valence-corrected chi connectivity index (χ2v) is 6.75. The minimum absolute atomic E-state index is 0.216. The van der Waals surface area contributed by atoms with Crippen molar-refractivity contribution >= 4 is 38.9 Å². The summed E-state index contributed by atoms with van der Waals surface area (Å²) in [5.74, 6) is 0.592. The van der Waals surface area contributed by atoms with Crippen LogP contribution in [0.1, 0.15) is 15.8 Å². The fourth-order valence-electron chi connectivity index (χ4n) is 2.29. The lowest BCUT2D eigenvalue weighted by molar-refractivity contribution is 0.784. The molecule has 1 aromatic carbocycles. The predicted molar refractivity (Wildman–Crippen MR) is 84.9 cm³/mol. The van der Waals surface area contributed by atoms with Gasteiger partial charge in [0.25, 0.3) is 0 Å². The van der Waals surface area contributed by atoms with Gasteiger partial charge in [0.2, 0.25) is 0 Å². The van der Waals surface area contributed by atoms with Crippen molar-refractivity contribution in [1.29, 1.82) is 0 Å². The Morgan fingerprint density at radius 3 is 2.89 bits per heavy atom. The molecule has 0 aliphatic carbocycles. The number of aliphatic imine (C=N–C) groups is 1. The van der Waals surface area contributed by atoms with Crippen molar-refractivity contribution in [3.63, 3.8) is 0 Å². The molecule has 2 aromatic rings. The van der Waals surface area contributed by atoms with Crippen LogP contribution < -0.4 is 10.6 Å². The molecule has 5 heteroatoms. The topological polar surface area (TPSA) is 41.6 Å². The van der Waals surface area contributed by atoms with Crippen LogP contribution in [0, 0.1) is 6.92 Å². The van der Waals surface area contributed by atoms with E-state index in [1.165, 1.54) is 9.75 Å². The quantitative estimate of drug-likeness (QED) is 0.909. The van der Waals surface area contributed by atoms with E-state index in [0.717, 1.165) is 16.7 Å². The van der Waals surface area contributed by atoms with Gasteiger partial charge in [-0.1, -0.05) is 22.0 Å². The minimum Gasteiger partial charge on any atom is -0.369 e. The SMILES string of the molecule is Cc1ccc(C2CN=C(N)N2c2cccc(Br)c2)s1. The summed E-state index contributed by atoms with van der Waals surface area (Å²) in [5, 5.41) is 0. The molecule has 0 spiro atoms. The lowest BCUT2D eigenvalue weighted by Gasteiger charge is -2.25. The van der Waals surface area contributed by atoms with E-state index in [4.69, 9.17) is 5.73 Å². The fourth-order valence-corrected chi connectivity index (χ4v) is 3.63. The van der Waals surface area contributed by atoms with Crippen LogP contribution in [0.5, 0.6) is 0 Å². The van der Waals surface area contributed by atoms with Crippen LogP contribution in [-0.4, -0.2) is 12.5 Å². The lowest BCUT2D eigenvalue weighted by atomic mass is 10.2. The molecule has 1 aliphatic heterocycles. The van der Waals surface area contributed by atoms with E-state index in [1.807, 2.05) is 23.5 Å². The summed E-state index contributed by atoms with van der Waals surface area (Å²) in [6.07, 6.45) is 0. The second kappa shape index (κ2) is 4.98. The van der Waals surface area contributed by atoms with Crippen LogP contribution >= 0.6 is 27.3 Å². The number of nitrogens with two attached hydrogens (primary N) is 1. The zero-order valence-corrected chi connectivity index (χ0v) is 12.9. The summed E-state index contributed by atoms with van der Waals surface area (Å²) in [7, 11) is 0. The average Bonchev–Trinajstić information content (AvgIpc) is 2.95. The minimum atomic E-state index is 0.216. The third-order valence-electron chi connectivity index (χ3n) is 3.16. The van der Waals surface area contributed by atoms with E-state index in [9.17, 15) is 0 Å². The monoisotopic (exact) mass is 335 g/mol. The Hall–Kier alpha value is -1.33. The van der Waals surface area contributed by atoms with E-state index in [2.05, 4.69) is 57.0 Å². The van der Waals surface area contributed by atoms with Gasteiger partial charge < -0.3 is 10.6 Å². The molecule has 1 aliphatic rings. The van der Waals surface area contributed by atoms with Crippen LogP contribution in [0.4, 0.5) is 5.69 Å². The maximum Gasteiger partial charge on any atom is 0.196 e. The normalized spacial score (nSPS) is 18.7. The summed E-state index contributed by atoms with van der Waals surface area (Å²) in [4.78, 5) is 9.13. The zero-order chi connectivity index (χ0) is 13.4. The van der Waals surface area contributed by atoms with Crippen molar-refractivity contribution in [1.82, 2.24) is 0 Å². The van der Waals surface area contributed by atoms with Gasteiger partial charge in [-0.15, -0.1) is 11.3 Å². The summed E-state index contributed by atoms with van der Waals surface area (Å²) in [6.45, 7) is 2.84. The second-order valence-electron chi connectivity index (χ2n) is 4.51. The Bertz CT molecular complexity index is 635. The summed E-state index contributed by atoms with van der Waals surface area (Å²) < 4.78 is 1.05. The highest BCUT2D eigenvalue weighted by atomic mass is 79.9. The summed E-state index contributed by atoms with van der Waals surface area (Å²) in [5.41, 5.74) is 7.13. The standard InChI is InChI=1S/C14H14BrN3S/c1-9-5-6-13(19-9)12-8-17-14(16)18(12)11-4-2-3-10(15)7-11/h2-7,12H,8H2,1H3,(H2,16,17). The van der Waals surface area contributed by atoms with Crippen molar-refractivity contribution in [3.05, 3.63) is 50.6 Å². The Balaban J connectivity index is 1.99. The fraction of sp³-hybridized carbons (Fsp3) is 0.214. The number of anilines is 1. The molecular weight excluding hydrogens is 322 g/mol. The van der Waals surface area contributed by atoms with E-state index in [-0.39, 0.29) is 6.04 Å². The van der Waals surface area contributed by atoms with Gasteiger partial charge in [0.05, 0.1) is 12.6 Å². The number of halogens is 1. The molecule has 0 bridgehead atoms. The highest BCUT2D eigenvalue weighted by molar-refractivity contribution is 9.10. The van der Waals surface area contributed by atoms with Crippen LogP contribution in [0.2, 0.25) is 0 Å². The Morgan fingerprint density at radius 1 is 1.37 bits per heavy atom. The van der Waals surface area contributed by atoms with Crippen LogP contribution in [0.25, 0.3) is 0 Å². The first-order chi connectivity index (χ1) is 9.15. The van der Waals surface area contributed by atoms with Crippen molar-refractivity contribution in [2.24, 2.45) is 10.7 Å². The number of benzene rings is 1. The molecule has 19 heavy (non-hydrogen) atoms. The van der Waals surface area contributed by atoms with E-state index in [0.29, 0.717) is 5.96 Å². The number of rotatable bonds is 2. The Kier molecular flexibility index (Phi) is 3.33. The molecule has 0 saturated carbocycles. The van der Waals surface area contributed by atoms with Crippen molar-refractivity contribution in [2.45, 2.75) is 13.0 Å². The highest BCUT2D eigenvalue weighted by Gasteiger charge is 2.29. The Morgan fingerprint density at radius 2 is 2.21 bits per heavy atom. The molecule has 1 unspecified atom stereocenters. The van der Waals surface area contributed by atoms with Gasteiger partial charge in [-0.05, 0) is 37.3 Å². The molecular formula is C14H14BrN3S. The van der Waals surface area contributed by atoms with E-state index in [1.54, 1.807) is 0 Å². The third kappa shape index (κ3) is 2.40. The molecule has 2 heterocycles. The third-order valence-corrected chi connectivity index (χ3v) is 4.76. The molecule has 2 N–H and O–H groups in total. The van der Waals surface area contributed by atoms with Gasteiger partial charge in [-0.25, -0.2) is 0 Å².